The van der Waals surface area contributed by atoms with Crippen molar-refractivity contribution in [2.45, 2.75) is 104 Å². The lowest BCUT2D eigenvalue weighted by molar-refractivity contribution is -0.929. The lowest BCUT2D eigenvalue weighted by atomic mass is 10.1. The topological polar surface area (TPSA) is 186 Å². The number of hydrogen-bond donors (Lipinski definition) is 5. The van der Waals surface area contributed by atoms with Gasteiger partial charge in [0.1, 0.15) is 30.2 Å². The molecule has 40 heavy (non-hydrogen) atoms. The van der Waals surface area contributed by atoms with Gasteiger partial charge >= 0.3 is 7.82 Å². The van der Waals surface area contributed by atoms with E-state index in [0.29, 0.717) is 5.52 Å². The van der Waals surface area contributed by atoms with E-state index in [4.69, 9.17) is 20.3 Å². The van der Waals surface area contributed by atoms with Crippen molar-refractivity contribution in [3.05, 3.63) is 12.7 Å². The molecular formula is C26H50N6O7P+. The molecule has 0 unspecified atom stereocenters. The Morgan fingerprint density at radius 3 is 1.93 bits per heavy atom. The maximum Gasteiger partial charge on any atom is 0.469 e. The fourth-order valence-electron chi connectivity index (χ4n) is 4.97. The quantitative estimate of drug-likeness (QED) is 0.143. The first-order valence-corrected chi connectivity index (χ1v) is 16.0. The molecule has 3 rings (SSSR count). The van der Waals surface area contributed by atoms with Crippen LogP contribution in [0.3, 0.4) is 0 Å². The van der Waals surface area contributed by atoms with Crippen LogP contribution in [0, 0.1) is 0 Å². The zero-order chi connectivity index (χ0) is 29.8. The van der Waals surface area contributed by atoms with Crippen LogP contribution in [0.1, 0.15) is 85.3 Å². The highest BCUT2D eigenvalue weighted by Crippen LogP contribution is 2.38. The van der Waals surface area contributed by atoms with Gasteiger partial charge in [-0.3, -0.25) is 9.09 Å². The summed E-state index contributed by atoms with van der Waals surface area (Å²) < 4.78 is 23.2. The monoisotopic (exact) mass is 589 g/mol. The van der Waals surface area contributed by atoms with E-state index >= 15 is 0 Å². The molecule has 2 aromatic heterocycles. The zero-order valence-electron chi connectivity index (χ0n) is 24.4. The second kappa shape index (κ2) is 16.7. The Kier molecular flexibility index (Phi) is 14.4. The number of anilines is 1. The summed E-state index contributed by atoms with van der Waals surface area (Å²) >= 11 is 0. The summed E-state index contributed by atoms with van der Waals surface area (Å²) in [5.74, 6) is 0.142. The molecule has 6 N–H and O–H groups in total. The second-order valence-corrected chi connectivity index (χ2v) is 11.8. The SMILES string of the molecule is CCCC[N+](CCCC)(CCCC)CCCC.Nc1ncnc2c1ncn2[C@@H]1O[C@H](COP(=O)(O)O)[C@@H](O)[C@H]1O. The van der Waals surface area contributed by atoms with Crippen molar-refractivity contribution >= 4 is 24.8 Å². The number of aliphatic hydroxyl groups is 2. The standard InChI is InChI=1S/C16H36N.C10H14N5O7P/c1-5-9-13-17(14-10-6-2,15-11-7-3)16-12-8-4;11-8-5-9(13-2-12-8)15(3-14-5)10-7(17)6(16)4(22-10)1-21-23(18,19)20/h5-16H2,1-4H3;2-4,6-7,10,16-17H,1H2,(H2,11,12,13)(H2,18,19,20)/q+1;/t;4-,6-,7-,10-/m.1/s1. The van der Waals surface area contributed by atoms with E-state index < -0.39 is 39.0 Å². The van der Waals surface area contributed by atoms with Gasteiger partial charge in [0.05, 0.1) is 39.1 Å². The number of rotatable bonds is 16. The Morgan fingerprint density at radius 2 is 1.45 bits per heavy atom. The van der Waals surface area contributed by atoms with Gasteiger partial charge in [-0.25, -0.2) is 19.5 Å². The van der Waals surface area contributed by atoms with Gasteiger partial charge in [0.2, 0.25) is 0 Å². The first-order valence-electron chi connectivity index (χ1n) is 14.5. The number of ether oxygens (including phenoxy) is 1. The molecule has 0 amide bonds. The summed E-state index contributed by atoms with van der Waals surface area (Å²) in [7, 11) is -4.72. The molecule has 4 atom stereocenters. The Balaban J connectivity index is 0.000000296. The van der Waals surface area contributed by atoms with Crippen LogP contribution in [0.5, 0.6) is 0 Å². The maximum absolute atomic E-state index is 10.7. The summed E-state index contributed by atoms with van der Waals surface area (Å²) in [6, 6.07) is 0. The molecule has 1 aliphatic heterocycles. The number of unbranched alkanes of at least 4 members (excludes halogenated alkanes) is 4. The number of nitrogens with zero attached hydrogens (tertiary/aromatic N) is 5. The van der Waals surface area contributed by atoms with Gasteiger partial charge in [-0.1, -0.05) is 53.4 Å². The predicted molar refractivity (Wildman–Crippen MR) is 153 cm³/mol. The summed E-state index contributed by atoms with van der Waals surface area (Å²) in [6.45, 7) is 14.4. The van der Waals surface area contributed by atoms with Gasteiger partial charge < -0.3 is 35.0 Å². The van der Waals surface area contributed by atoms with Crippen LogP contribution in [-0.4, -0.2) is 95.1 Å². The summed E-state index contributed by atoms with van der Waals surface area (Å²) in [5, 5.41) is 20.1. The molecule has 3 heterocycles. The number of aromatic nitrogens is 4. The number of phosphoric ester groups is 1. The number of hydrogen-bond acceptors (Lipinski definition) is 9. The lowest BCUT2D eigenvalue weighted by Crippen LogP contribution is -2.50. The van der Waals surface area contributed by atoms with Gasteiger partial charge in [-0.2, -0.15) is 0 Å². The maximum atomic E-state index is 10.7. The Labute approximate surface area is 237 Å². The molecule has 0 bridgehead atoms. The van der Waals surface area contributed by atoms with Crippen LogP contribution < -0.4 is 5.73 Å². The smallest absolute Gasteiger partial charge is 0.387 e. The number of imidazole rings is 1. The molecule has 0 aliphatic carbocycles. The summed E-state index contributed by atoms with van der Waals surface area (Å²) in [4.78, 5) is 29.2. The molecule has 1 fully saturated rings. The van der Waals surface area contributed by atoms with Crippen LogP contribution in [0.15, 0.2) is 12.7 Å². The number of nitrogen functional groups attached to an aromatic ring is 1. The van der Waals surface area contributed by atoms with Crippen LogP contribution in [-0.2, 0) is 13.8 Å². The number of phosphoric acid groups is 1. The van der Waals surface area contributed by atoms with Crippen molar-refractivity contribution in [1.29, 1.82) is 0 Å². The highest BCUT2D eigenvalue weighted by Gasteiger charge is 2.45. The minimum atomic E-state index is -4.72. The van der Waals surface area contributed by atoms with Crippen molar-refractivity contribution in [1.82, 2.24) is 19.5 Å². The average molecular weight is 590 g/mol. The van der Waals surface area contributed by atoms with E-state index in [1.807, 2.05) is 0 Å². The molecule has 230 valence electrons. The van der Waals surface area contributed by atoms with Crippen LogP contribution in [0.4, 0.5) is 5.82 Å². The van der Waals surface area contributed by atoms with E-state index in [1.165, 1.54) is 99.3 Å². The molecule has 1 saturated heterocycles. The molecule has 2 aromatic rings. The van der Waals surface area contributed by atoms with E-state index in [9.17, 15) is 14.8 Å². The molecule has 14 heteroatoms. The summed E-state index contributed by atoms with van der Waals surface area (Å²) in [5.41, 5.74) is 6.25. The third-order valence-electron chi connectivity index (χ3n) is 7.35. The van der Waals surface area contributed by atoms with E-state index in [0.717, 1.165) is 0 Å². The minimum Gasteiger partial charge on any atom is -0.387 e. The predicted octanol–water partition coefficient (Wildman–Crippen LogP) is 3.14. The molecule has 13 nitrogen and oxygen atoms in total. The van der Waals surface area contributed by atoms with Gasteiger partial charge in [-0.15, -0.1) is 0 Å². The van der Waals surface area contributed by atoms with Crippen molar-refractivity contribution in [2.75, 3.05) is 38.5 Å². The number of quaternary nitrogens is 1. The third kappa shape index (κ3) is 9.99. The van der Waals surface area contributed by atoms with Crippen LogP contribution in [0.2, 0.25) is 0 Å². The fraction of sp³-hybridized carbons (Fsp3) is 0.808. The van der Waals surface area contributed by atoms with Crippen molar-refractivity contribution in [3.63, 3.8) is 0 Å². The van der Waals surface area contributed by atoms with Gasteiger partial charge in [-0.05, 0) is 25.7 Å². The van der Waals surface area contributed by atoms with Gasteiger partial charge in [0.15, 0.2) is 17.7 Å². The first kappa shape index (κ1) is 34.5. The Bertz CT molecular complexity index is 1010. The van der Waals surface area contributed by atoms with Crippen molar-refractivity contribution in [3.8, 4) is 0 Å². The van der Waals surface area contributed by atoms with E-state index in [1.54, 1.807) is 0 Å². The zero-order valence-corrected chi connectivity index (χ0v) is 25.3. The van der Waals surface area contributed by atoms with Crippen LogP contribution in [0.25, 0.3) is 11.2 Å². The first-order chi connectivity index (χ1) is 19.0. The Hall–Kier alpha value is -1.70. The highest BCUT2D eigenvalue weighted by molar-refractivity contribution is 7.46. The minimum absolute atomic E-state index is 0.142. The molecule has 0 radical (unpaired) electrons. The summed E-state index contributed by atoms with van der Waals surface area (Å²) in [6.07, 6.45) is 8.57. The average Bonchev–Trinajstić information content (AvgIpc) is 3.48. The number of aliphatic hydroxyl groups excluding tert-OH is 2. The molecular weight excluding hydrogens is 539 g/mol. The molecule has 0 spiro atoms. The van der Waals surface area contributed by atoms with Gasteiger partial charge in [0, 0.05) is 0 Å². The van der Waals surface area contributed by atoms with Crippen molar-refractivity contribution in [2.24, 2.45) is 0 Å². The molecule has 1 aliphatic rings. The molecule has 0 aromatic carbocycles. The number of fused-ring (bicyclic) bond motifs is 1. The van der Waals surface area contributed by atoms with Crippen molar-refractivity contribution < 1.29 is 38.3 Å². The second-order valence-electron chi connectivity index (χ2n) is 10.6. The number of nitrogens with two attached hydrogens (primary N) is 1. The third-order valence-corrected chi connectivity index (χ3v) is 7.83. The lowest BCUT2D eigenvalue weighted by Gasteiger charge is -2.39. The van der Waals surface area contributed by atoms with Gasteiger partial charge in [0.25, 0.3) is 0 Å². The van der Waals surface area contributed by atoms with Crippen LogP contribution >= 0.6 is 7.82 Å². The largest absolute Gasteiger partial charge is 0.469 e. The molecule has 0 saturated carbocycles. The van der Waals surface area contributed by atoms with E-state index in [-0.39, 0.29) is 11.5 Å². The van der Waals surface area contributed by atoms with E-state index in [2.05, 4.69) is 47.2 Å². The fourth-order valence-corrected chi connectivity index (χ4v) is 5.31. The normalized spacial score (nSPS) is 21.5. The highest BCUT2D eigenvalue weighted by atomic mass is 31.2. The Morgan fingerprint density at radius 1 is 0.925 bits per heavy atom.